The summed E-state index contributed by atoms with van der Waals surface area (Å²) in [4.78, 5) is 16.6. The number of anilines is 1. The first-order chi connectivity index (χ1) is 13.6. The van der Waals surface area contributed by atoms with Crippen molar-refractivity contribution in [1.29, 1.82) is 0 Å². The summed E-state index contributed by atoms with van der Waals surface area (Å²) in [6.07, 6.45) is 4.87. The van der Waals surface area contributed by atoms with Crippen molar-refractivity contribution in [2.24, 2.45) is 0 Å². The van der Waals surface area contributed by atoms with Gasteiger partial charge in [0, 0.05) is 30.1 Å². The lowest BCUT2D eigenvalue weighted by Crippen LogP contribution is -2.16. The zero-order chi connectivity index (χ0) is 19.5. The molecule has 1 amide bonds. The van der Waals surface area contributed by atoms with Gasteiger partial charge in [-0.05, 0) is 23.8 Å². The van der Waals surface area contributed by atoms with Gasteiger partial charge in [-0.2, -0.15) is 5.10 Å². The van der Waals surface area contributed by atoms with E-state index in [-0.39, 0.29) is 5.69 Å². The van der Waals surface area contributed by atoms with Gasteiger partial charge < -0.3 is 9.84 Å². The Hall–Kier alpha value is -3.16. The average molecular weight is 414 g/mol. The Morgan fingerprint density at radius 2 is 2.04 bits per heavy atom. The van der Waals surface area contributed by atoms with E-state index in [4.69, 9.17) is 27.7 Å². The molecule has 0 radical (unpaired) electrons. The number of benzene rings is 1. The highest BCUT2D eigenvalue weighted by molar-refractivity contribution is 6.42. The second-order valence-electron chi connectivity index (χ2n) is 5.86. The molecule has 7 nitrogen and oxygen atoms in total. The summed E-state index contributed by atoms with van der Waals surface area (Å²) in [5.74, 6) is 0.530. The normalized spacial score (nSPS) is 10.8. The largest absolute Gasteiger partial charge is 0.355 e. The SMILES string of the molecule is O=C(Nc1ccnn1Cc1cccc(Cl)c1Cl)c1cc(-c2cccnc2)on1. The summed E-state index contributed by atoms with van der Waals surface area (Å²) in [6.45, 7) is 0.349. The minimum atomic E-state index is -0.419. The van der Waals surface area contributed by atoms with E-state index in [1.165, 1.54) is 0 Å². The molecule has 1 aromatic carbocycles. The first-order valence-electron chi connectivity index (χ1n) is 8.25. The molecule has 0 unspecified atom stereocenters. The van der Waals surface area contributed by atoms with E-state index in [0.29, 0.717) is 28.2 Å². The highest BCUT2D eigenvalue weighted by Crippen LogP contribution is 2.27. The van der Waals surface area contributed by atoms with E-state index in [1.807, 2.05) is 12.1 Å². The van der Waals surface area contributed by atoms with Crippen molar-refractivity contribution in [2.75, 3.05) is 5.32 Å². The Morgan fingerprint density at radius 1 is 1.14 bits per heavy atom. The van der Waals surface area contributed by atoms with Crippen molar-refractivity contribution in [2.45, 2.75) is 6.54 Å². The molecule has 1 N–H and O–H groups in total. The maximum Gasteiger partial charge on any atom is 0.279 e. The Bertz CT molecular complexity index is 1120. The topological polar surface area (TPSA) is 85.8 Å². The molecule has 0 spiro atoms. The predicted molar refractivity (Wildman–Crippen MR) is 105 cm³/mol. The molecule has 0 atom stereocenters. The molecule has 0 saturated carbocycles. The Labute approximate surface area is 169 Å². The third-order valence-electron chi connectivity index (χ3n) is 4.00. The molecule has 3 heterocycles. The van der Waals surface area contributed by atoms with Gasteiger partial charge in [0.1, 0.15) is 5.82 Å². The Kier molecular flexibility index (Phi) is 5.10. The fourth-order valence-electron chi connectivity index (χ4n) is 2.60. The first-order valence-corrected chi connectivity index (χ1v) is 9.00. The van der Waals surface area contributed by atoms with Crippen LogP contribution >= 0.6 is 23.2 Å². The molecular weight excluding hydrogens is 401 g/mol. The molecule has 0 bridgehead atoms. The van der Waals surface area contributed by atoms with E-state index in [1.54, 1.807) is 53.6 Å². The third-order valence-corrected chi connectivity index (χ3v) is 4.86. The van der Waals surface area contributed by atoms with Crippen LogP contribution in [-0.4, -0.2) is 25.8 Å². The van der Waals surface area contributed by atoms with Gasteiger partial charge in [-0.3, -0.25) is 9.78 Å². The van der Waals surface area contributed by atoms with Crippen LogP contribution in [0.1, 0.15) is 16.1 Å². The standard InChI is InChI=1S/C19H13Cl2N5O2/c20-14-5-1-3-13(18(14)21)11-26-17(6-8-23-26)24-19(27)15-9-16(28-25-15)12-4-2-7-22-10-12/h1-10H,11H2,(H,24,27). The summed E-state index contributed by atoms with van der Waals surface area (Å²) in [7, 11) is 0. The molecule has 0 aliphatic rings. The number of rotatable bonds is 5. The smallest absolute Gasteiger partial charge is 0.279 e. The fourth-order valence-corrected chi connectivity index (χ4v) is 2.98. The molecule has 0 aliphatic heterocycles. The van der Waals surface area contributed by atoms with E-state index in [2.05, 4.69) is 20.6 Å². The van der Waals surface area contributed by atoms with Gasteiger partial charge in [-0.15, -0.1) is 0 Å². The second kappa shape index (κ2) is 7.84. The highest BCUT2D eigenvalue weighted by atomic mass is 35.5. The lowest BCUT2D eigenvalue weighted by atomic mass is 10.2. The van der Waals surface area contributed by atoms with Gasteiger partial charge >= 0.3 is 0 Å². The maximum atomic E-state index is 12.5. The molecule has 9 heteroatoms. The number of pyridine rings is 1. The van der Waals surface area contributed by atoms with Crippen LogP contribution in [0.25, 0.3) is 11.3 Å². The fraction of sp³-hybridized carbons (Fsp3) is 0.0526. The van der Waals surface area contributed by atoms with Crippen LogP contribution in [0.2, 0.25) is 10.0 Å². The van der Waals surface area contributed by atoms with E-state index in [9.17, 15) is 4.79 Å². The monoisotopic (exact) mass is 413 g/mol. The van der Waals surface area contributed by atoms with Gasteiger partial charge in [0.2, 0.25) is 0 Å². The van der Waals surface area contributed by atoms with Crippen molar-refractivity contribution in [3.05, 3.63) is 82.4 Å². The van der Waals surface area contributed by atoms with Gasteiger partial charge in [-0.1, -0.05) is 40.5 Å². The van der Waals surface area contributed by atoms with Crippen LogP contribution in [0.4, 0.5) is 5.82 Å². The number of carbonyl (C=O) groups excluding carboxylic acids is 1. The summed E-state index contributed by atoms with van der Waals surface area (Å²) < 4.78 is 6.85. The van der Waals surface area contributed by atoms with E-state index >= 15 is 0 Å². The molecule has 28 heavy (non-hydrogen) atoms. The Balaban J connectivity index is 1.51. The Morgan fingerprint density at radius 3 is 2.86 bits per heavy atom. The molecular formula is C19H13Cl2N5O2. The third kappa shape index (κ3) is 3.76. The van der Waals surface area contributed by atoms with Crippen molar-refractivity contribution < 1.29 is 9.32 Å². The van der Waals surface area contributed by atoms with Crippen molar-refractivity contribution in [3.63, 3.8) is 0 Å². The van der Waals surface area contributed by atoms with Crippen molar-refractivity contribution in [3.8, 4) is 11.3 Å². The quantitative estimate of drug-likeness (QED) is 0.518. The highest BCUT2D eigenvalue weighted by Gasteiger charge is 2.16. The predicted octanol–water partition coefficient (Wildman–Crippen LogP) is 4.54. The van der Waals surface area contributed by atoms with E-state index < -0.39 is 5.91 Å². The molecule has 140 valence electrons. The van der Waals surface area contributed by atoms with Gasteiger partial charge in [0.05, 0.1) is 22.8 Å². The van der Waals surface area contributed by atoms with Crippen LogP contribution in [0.15, 0.2) is 65.6 Å². The van der Waals surface area contributed by atoms with Crippen LogP contribution in [0.3, 0.4) is 0 Å². The molecule has 0 fully saturated rings. The number of nitrogens with zero attached hydrogens (tertiary/aromatic N) is 4. The lowest BCUT2D eigenvalue weighted by Gasteiger charge is -2.10. The summed E-state index contributed by atoms with van der Waals surface area (Å²) >= 11 is 12.3. The van der Waals surface area contributed by atoms with E-state index in [0.717, 1.165) is 11.1 Å². The number of aromatic nitrogens is 4. The molecule has 4 rings (SSSR count). The minimum absolute atomic E-state index is 0.146. The number of halogens is 2. The molecule has 0 aliphatic carbocycles. The lowest BCUT2D eigenvalue weighted by molar-refractivity contribution is 0.101. The first kappa shape index (κ1) is 18.2. The number of carbonyl (C=O) groups is 1. The van der Waals surface area contributed by atoms with Crippen LogP contribution < -0.4 is 5.32 Å². The van der Waals surface area contributed by atoms with Gasteiger partial charge in [-0.25, -0.2) is 4.68 Å². The minimum Gasteiger partial charge on any atom is -0.355 e. The number of amides is 1. The van der Waals surface area contributed by atoms with Crippen LogP contribution in [0.5, 0.6) is 0 Å². The summed E-state index contributed by atoms with van der Waals surface area (Å²) in [5.41, 5.74) is 1.66. The van der Waals surface area contributed by atoms with Gasteiger partial charge in [0.15, 0.2) is 11.5 Å². The molecule has 4 aromatic rings. The number of hydrogen-bond donors (Lipinski definition) is 1. The number of nitrogens with one attached hydrogen (secondary N) is 1. The van der Waals surface area contributed by atoms with Gasteiger partial charge in [0.25, 0.3) is 5.91 Å². The van der Waals surface area contributed by atoms with Crippen LogP contribution in [-0.2, 0) is 6.54 Å². The van der Waals surface area contributed by atoms with Crippen LogP contribution in [0, 0.1) is 0 Å². The molecule has 3 aromatic heterocycles. The summed E-state index contributed by atoms with van der Waals surface area (Å²) in [5, 5.41) is 11.7. The average Bonchev–Trinajstić information content (AvgIpc) is 3.36. The zero-order valence-corrected chi connectivity index (χ0v) is 15.9. The molecule has 0 saturated heterocycles. The number of hydrogen-bond acceptors (Lipinski definition) is 5. The van der Waals surface area contributed by atoms with Crippen molar-refractivity contribution in [1.82, 2.24) is 19.9 Å². The maximum absolute atomic E-state index is 12.5. The van der Waals surface area contributed by atoms with Crippen molar-refractivity contribution >= 4 is 34.9 Å². The second-order valence-corrected chi connectivity index (χ2v) is 6.64. The zero-order valence-electron chi connectivity index (χ0n) is 14.3. The summed E-state index contributed by atoms with van der Waals surface area (Å²) in [6, 6.07) is 12.2.